The SMILES string of the molecule is C#CC(CC)O[C-]=O.O=PO.[Li+]. The second-order valence-corrected chi connectivity index (χ2v) is 1.51. The molecule has 0 rings (SSSR count). The third-order valence-corrected chi connectivity index (χ3v) is 0.747. The molecule has 6 heteroatoms. The molecule has 0 spiro atoms. The molecule has 0 bridgehead atoms. The minimum Gasteiger partial charge on any atom is -0.642 e. The Bertz CT molecular complexity index is 145. The van der Waals surface area contributed by atoms with Gasteiger partial charge >= 0.3 is 27.5 Å². The fourth-order valence-electron chi connectivity index (χ4n) is 0.293. The van der Waals surface area contributed by atoms with Crippen LogP contribution in [0.4, 0.5) is 0 Å². The molecule has 0 fully saturated rings. The molecule has 1 N–H and O–H groups in total. The summed E-state index contributed by atoms with van der Waals surface area (Å²) < 4.78 is 12.8. The van der Waals surface area contributed by atoms with Crippen LogP contribution in [0, 0.1) is 12.3 Å². The zero-order valence-electron chi connectivity index (χ0n) is 6.98. The van der Waals surface area contributed by atoms with Crippen molar-refractivity contribution < 1.29 is 37.9 Å². The van der Waals surface area contributed by atoms with Crippen molar-refractivity contribution in [1.29, 1.82) is 0 Å². The zero-order chi connectivity index (χ0) is 9.11. The number of rotatable bonds is 3. The molecule has 0 aromatic carbocycles. The quantitative estimate of drug-likeness (QED) is 0.230. The summed E-state index contributed by atoms with van der Waals surface area (Å²) in [4.78, 5) is 16.5. The smallest absolute Gasteiger partial charge is 0.642 e. The van der Waals surface area contributed by atoms with Crippen molar-refractivity contribution >= 4 is 15.2 Å². The van der Waals surface area contributed by atoms with Gasteiger partial charge in [-0.25, -0.2) is 4.57 Å². The largest absolute Gasteiger partial charge is 1.00 e. The Balaban J connectivity index is -0.000000177. The van der Waals surface area contributed by atoms with Crippen molar-refractivity contribution in [1.82, 2.24) is 0 Å². The molecule has 0 aromatic rings. The average Bonchev–Trinajstić information content (AvgIpc) is 2.02. The average molecular weight is 182 g/mol. The fraction of sp³-hybridized carbons (Fsp3) is 0.500. The summed E-state index contributed by atoms with van der Waals surface area (Å²) in [5.74, 6) is 2.27. The monoisotopic (exact) mass is 182 g/mol. The summed E-state index contributed by atoms with van der Waals surface area (Å²) in [6.07, 6.45) is 5.16. The van der Waals surface area contributed by atoms with Crippen molar-refractivity contribution in [3.05, 3.63) is 0 Å². The molecule has 0 aliphatic heterocycles. The van der Waals surface area contributed by atoms with Crippen LogP contribution in [0.5, 0.6) is 0 Å². The normalized spacial score (nSPS) is 9.42. The van der Waals surface area contributed by atoms with Crippen molar-refractivity contribution in [3.63, 3.8) is 0 Å². The van der Waals surface area contributed by atoms with Crippen LogP contribution in [0.15, 0.2) is 0 Å². The Kier molecular flexibility index (Phi) is 25.0. The van der Waals surface area contributed by atoms with E-state index in [2.05, 4.69) is 10.7 Å². The maximum atomic E-state index is 9.49. The molecule has 1 atom stereocenters. The zero-order valence-corrected chi connectivity index (χ0v) is 7.88. The second-order valence-electron chi connectivity index (χ2n) is 1.35. The minimum atomic E-state index is -0.833. The first-order chi connectivity index (χ1) is 5.26. The van der Waals surface area contributed by atoms with E-state index in [1.165, 1.54) is 6.47 Å². The van der Waals surface area contributed by atoms with Crippen molar-refractivity contribution in [3.8, 4) is 12.3 Å². The topological polar surface area (TPSA) is 63.6 Å². The van der Waals surface area contributed by atoms with Crippen LogP contribution in [-0.2, 0) is 14.1 Å². The van der Waals surface area contributed by atoms with Crippen LogP contribution >= 0.6 is 8.69 Å². The maximum absolute atomic E-state index is 9.49. The molecule has 0 aliphatic rings. The van der Waals surface area contributed by atoms with Gasteiger partial charge in [-0.05, 0) is 6.42 Å². The molecule has 0 saturated carbocycles. The molecule has 4 nitrogen and oxygen atoms in total. The predicted octanol–water partition coefficient (Wildman–Crippen LogP) is -2.33. The van der Waals surface area contributed by atoms with Crippen LogP contribution in [-0.4, -0.2) is 17.5 Å². The first-order valence-corrected chi connectivity index (χ1v) is 3.48. The molecule has 0 heterocycles. The molecular formula is C6H8LiO4P. The van der Waals surface area contributed by atoms with Crippen LogP contribution in [0.25, 0.3) is 0 Å². The number of terminal acetylenes is 1. The third kappa shape index (κ3) is 16.3. The first-order valence-electron chi connectivity index (χ1n) is 2.72. The van der Waals surface area contributed by atoms with Gasteiger partial charge in [0, 0.05) is 0 Å². The van der Waals surface area contributed by atoms with Gasteiger partial charge in [0.1, 0.15) is 6.10 Å². The summed E-state index contributed by atoms with van der Waals surface area (Å²) in [7, 11) is -0.833. The number of ether oxygens (including phenoxy) is 1. The van der Waals surface area contributed by atoms with Crippen LogP contribution in [0.2, 0.25) is 0 Å². The number of hydrogen-bond acceptors (Lipinski definition) is 3. The Morgan fingerprint density at radius 2 is 2.25 bits per heavy atom. The molecule has 0 aromatic heterocycles. The Morgan fingerprint density at radius 1 is 1.83 bits per heavy atom. The number of carbonyl (C=O) groups excluding carboxylic acids is 1. The molecule has 12 heavy (non-hydrogen) atoms. The molecule has 0 radical (unpaired) electrons. The van der Waals surface area contributed by atoms with E-state index in [4.69, 9.17) is 15.9 Å². The van der Waals surface area contributed by atoms with E-state index < -0.39 is 14.8 Å². The maximum Gasteiger partial charge on any atom is 1.00 e. The van der Waals surface area contributed by atoms with E-state index in [0.717, 1.165) is 0 Å². The van der Waals surface area contributed by atoms with E-state index in [1.807, 2.05) is 6.92 Å². The van der Waals surface area contributed by atoms with Gasteiger partial charge < -0.3 is 14.4 Å². The van der Waals surface area contributed by atoms with Crippen LogP contribution in [0.3, 0.4) is 0 Å². The van der Waals surface area contributed by atoms with Gasteiger partial charge in [-0.1, -0.05) is 19.3 Å². The minimum absolute atomic E-state index is 0. The van der Waals surface area contributed by atoms with Crippen LogP contribution < -0.4 is 18.9 Å². The van der Waals surface area contributed by atoms with Gasteiger partial charge in [-0.2, -0.15) is 0 Å². The molecular weight excluding hydrogens is 174 g/mol. The van der Waals surface area contributed by atoms with E-state index in [-0.39, 0.29) is 18.9 Å². The Labute approximate surface area is 85.1 Å². The molecule has 0 aliphatic carbocycles. The second kappa shape index (κ2) is 17.0. The fourth-order valence-corrected chi connectivity index (χ4v) is 0.293. The van der Waals surface area contributed by atoms with Gasteiger partial charge in [0.2, 0.25) is 0 Å². The van der Waals surface area contributed by atoms with E-state index in [0.29, 0.717) is 6.42 Å². The van der Waals surface area contributed by atoms with Crippen molar-refractivity contribution in [2.45, 2.75) is 19.4 Å². The summed E-state index contributed by atoms with van der Waals surface area (Å²) in [5, 5.41) is 0. The standard InChI is InChI=1S/C6H7O2.Li.HO2P/c1-3-6(4-2)8-5-7;;1-3-2/h1,6H,4H2,2H3;;(H,1,2)/q-1;+1;. The number of hydrogen-bond donors (Lipinski definition) is 1. The van der Waals surface area contributed by atoms with E-state index >= 15 is 0 Å². The summed E-state index contributed by atoms with van der Waals surface area (Å²) in [6.45, 7) is 3.11. The van der Waals surface area contributed by atoms with Crippen LogP contribution in [0.1, 0.15) is 13.3 Å². The van der Waals surface area contributed by atoms with Gasteiger partial charge in [0.05, 0.1) is 0 Å². The summed E-state index contributed by atoms with van der Waals surface area (Å²) in [5.41, 5.74) is 0. The third-order valence-electron chi connectivity index (χ3n) is 0.747. The molecule has 62 valence electrons. The van der Waals surface area contributed by atoms with Crippen molar-refractivity contribution in [2.75, 3.05) is 0 Å². The molecule has 0 saturated heterocycles. The Hall–Kier alpha value is -0.313. The molecule has 0 amide bonds. The van der Waals surface area contributed by atoms with Gasteiger partial charge in [-0.15, -0.1) is 6.42 Å². The first kappa shape index (κ1) is 17.7. The van der Waals surface area contributed by atoms with Gasteiger partial charge in [0.15, 0.2) is 0 Å². The van der Waals surface area contributed by atoms with Crippen molar-refractivity contribution in [2.24, 2.45) is 0 Å². The predicted molar refractivity (Wildman–Crippen MR) is 39.5 cm³/mol. The Morgan fingerprint density at radius 3 is 2.33 bits per heavy atom. The summed E-state index contributed by atoms with van der Waals surface area (Å²) in [6, 6.07) is 0. The summed E-state index contributed by atoms with van der Waals surface area (Å²) >= 11 is 0. The van der Waals surface area contributed by atoms with Gasteiger partial charge in [-0.3, -0.25) is 0 Å². The van der Waals surface area contributed by atoms with Gasteiger partial charge in [0.25, 0.3) is 0 Å². The van der Waals surface area contributed by atoms with E-state index in [9.17, 15) is 4.79 Å². The molecule has 1 unspecified atom stereocenters. The van der Waals surface area contributed by atoms with E-state index in [1.54, 1.807) is 0 Å².